The third-order valence-corrected chi connectivity index (χ3v) is 6.93. The zero-order valence-electron chi connectivity index (χ0n) is 23.9. The highest BCUT2D eigenvalue weighted by Gasteiger charge is 2.72. The highest BCUT2D eigenvalue weighted by Crippen LogP contribution is 2.63. The molecule has 0 aromatic heterocycles. The number of benzene rings is 2. The number of fused-ring (bicyclic) bond motifs is 1. The maximum absolute atomic E-state index is 15.0. The van der Waals surface area contributed by atoms with Gasteiger partial charge in [0.25, 0.3) is 0 Å². The molecule has 2 aromatic carbocycles. The second-order valence-electron chi connectivity index (χ2n) is 10.7. The number of rotatable bonds is 10. The maximum atomic E-state index is 15.0. The molecule has 0 saturated heterocycles. The molecule has 0 saturated carbocycles. The van der Waals surface area contributed by atoms with Crippen LogP contribution in [0.25, 0.3) is 0 Å². The summed E-state index contributed by atoms with van der Waals surface area (Å²) < 4.78 is 37.5. The predicted octanol–water partition coefficient (Wildman–Crippen LogP) is 5.27. The van der Waals surface area contributed by atoms with Gasteiger partial charge in [0.05, 0.1) is 31.5 Å². The number of esters is 3. The molecule has 0 aliphatic heterocycles. The van der Waals surface area contributed by atoms with Gasteiger partial charge in [-0.15, -0.1) is 0 Å². The van der Waals surface area contributed by atoms with Crippen molar-refractivity contribution in [1.82, 2.24) is 0 Å². The number of nitriles is 1. The summed E-state index contributed by atoms with van der Waals surface area (Å²) in [6.07, 6.45) is -2.15. The quantitative estimate of drug-likeness (QED) is 0.222. The van der Waals surface area contributed by atoms with Gasteiger partial charge in [0.15, 0.2) is 5.41 Å². The van der Waals surface area contributed by atoms with E-state index in [-0.39, 0.29) is 24.0 Å². The fraction of sp³-hybridized carbons (Fsp3) is 0.484. The Kier molecular flexibility index (Phi) is 9.24. The van der Waals surface area contributed by atoms with Crippen molar-refractivity contribution in [2.24, 2.45) is 0 Å². The smallest absolute Gasteiger partial charge is 0.329 e. The minimum atomic E-state index is -2.22. The minimum absolute atomic E-state index is 0.0738. The standard InChI is InChI=1S/C31H36FNO7/c1-18(2)38-27(34)30(15-8-16-33)25-17-22(32)11-14-24(25)31(28(35)39-19(3)4,29(36)40-20(5)6)26(30)21-9-12-23(37-7)13-10-21/h9-14,17-20,26H,8,15H2,1-7H3/t26-,30-/m1/s1. The Labute approximate surface area is 234 Å². The summed E-state index contributed by atoms with van der Waals surface area (Å²) in [5.74, 6) is -4.17. The number of hydrogen-bond acceptors (Lipinski definition) is 8. The van der Waals surface area contributed by atoms with Gasteiger partial charge in [-0.25, -0.2) is 4.39 Å². The van der Waals surface area contributed by atoms with Gasteiger partial charge in [0.1, 0.15) is 17.0 Å². The molecule has 0 amide bonds. The Hall–Kier alpha value is -3.93. The largest absolute Gasteiger partial charge is 0.497 e. The normalized spacial score (nSPS) is 19.2. The van der Waals surface area contributed by atoms with Gasteiger partial charge in [0, 0.05) is 12.3 Å². The lowest BCUT2D eigenvalue weighted by molar-refractivity contribution is -0.173. The summed E-state index contributed by atoms with van der Waals surface area (Å²) >= 11 is 0. The Balaban J connectivity index is 2.58. The van der Waals surface area contributed by atoms with E-state index >= 15 is 0 Å². The second kappa shape index (κ2) is 12.1. The Morgan fingerprint density at radius 1 is 0.850 bits per heavy atom. The highest BCUT2D eigenvalue weighted by molar-refractivity contribution is 6.12. The molecule has 0 N–H and O–H groups in total. The van der Waals surface area contributed by atoms with Crippen molar-refractivity contribution in [3.63, 3.8) is 0 Å². The molecule has 0 fully saturated rings. The summed E-state index contributed by atoms with van der Waals surface area (Å²) in [5, 5.41) is 9.64. The fourth-order valence-corrected chi connectivity index (χ4v) is 5.58. The van der Waals surface area contributed by atoms with E-state index in [4.69, 9.17) is 18.9 Å². The van der Waals surface area contributed by atoms with Crippen LogP contribution in [0, 0.1) is 17.1 Å². The van der Waals surface area contributed by atoms with Gasteiger partial charge in [-0.3, -0.25) is 14.4 Å². The lowest BCUT2D eigenvalue weighted by Crippen LogP contribution is -2.54. The van der Waals surface area contributed by atoms with Crippen molar-refractivity contribution in [2.45, 2.75) is 89.4 Å². The number of halogens is 1. The first-order chi connectivity index (χ1) is 18.9. The SMILES string of the molecule is COc1ccc([C@H]2C(C(=O)OC(C)C)(C(=O)OC(C)C)c3ccc(F)cc3[C@@]2(CCC#N)C(=O)OC(C)C)cc1. The first-order valence-electron chi connectivity index (χ1n) is 13.3. The van der Waals surface area contributed by atoms with Crippen LogP contribution >= 0.6 is 0 Å². The molecule has 0 spiro atoms. The zero-order chi connectivity index (χ0) is 29.8. The molecular formula is C31H36FNO7. The van der Waals surface area contributed by atoms with Gasteiger partial charge in [-0.05, 0) is 88.9 Å². The van der Waals surface area contributed by atoms with Crippen LogP contribution in [0.5, 0.6) is 5.75 Å². The third-order valence-electron chi connectivity index (χ3n) is 6.93. The van der Waals surface area contributed by atoms with Crippen LogP contribution < -0.4 is 4.74 Å². The maximum Gasteiger partial charge on any atom is 0.329 e. The summed E-state index contributed by atoms with van der Waals surface area (Å²) in [6.45, 7) is 9.87. The molecule has 1 aliphatic carbocycles. The average molecular weight is 554 g/mol. The van der Waals surface area contributed by atoms with Gasteiger partial charge in [-0.2, -0.15) is 5.26 Å². The summed E-state index contributed by atoms with van der Waals surface area (Å²) in [6, 6.07) is 12.2. The van der Waals surface area contributed by atoms with Gasteiger partial charge < -0.3 is 18.9 Å². The average Bonchev–Trinajstić information content (AvgIpc) is 3.14. The molecule has 8 nitrogen and oxygen atoms in total. The van der Waals surface area contributed by atoms with E-state index in [1.165, 1.54) is 13.2 Å². The van der Waals surface area contributed by atoms with E-state index in [1.807, 2.05) is 0 Å². The lowest BCUT2D eigenvalue weighted by Gasteiger charge is -2.40. The Morgan fingerprint density at radius 2 is 1.38 bits per heavy atom. The molecule has 0 radical (unpaired) electrons. The third kappa shape index (κ3) is 5.27. The van der Waals surface area contributed by atoms with Crippen LogP contribution in [-0.4, -0.2) is 43.3 Å². The fourth-order valence-electron chi connectivity index (χ4n) is 5.58. The predicted molar refractivity (Wildman–Crippen MR) is 144 cm³/mol. The number of nitrogens with zero attached hydrogens (tertiary/aromatic N) is 1. The number of methoxy groups -OCH3 is 1. The van der Waals surface area contributed by atoms with E-state index in [9.17, 15) is 24.0 Å². The minimum Gasteiger partial charge on any atom is -0.497 e. The molecule has 1 aliphatic rings. The molecule has 0 heterocycles. The van der Waals surface area contributed by atoms with E-state index in [0.717, 1.165) is 12.1 Å². The topological polar surface area (TPSA) is 112 Å². The van der Waals surface area contributed by atoms with E-state index in [2.05, 4.69) is 6.07 Å². The number of carbonyl (C=O) groups is 3. The highest BCUT2D eigenvalue weighted by atomic mass is 19.1. The van der Waals surface area contributed by atoms with E-state index < -0.39 is 58.8 Å². The Bertz CT molecular complexity index is 1270. The summed E-state index contributed by atoms with van der Waals surface area (Å²) in [7, 11) is 1.49. The molecule has 214 valence electrons. The van der Waals surface area contributed by atoms with Gasteiger partial charge in [-0.1, -0.05) is 18.2 Å². The molecule has 3 rings (SSSR count). The van der Waals surface area contributed by atoms with Gasteiger partial charge in [0.2, 0.25) is 0 Å². The second-order valence-corrected chi connectivity index (χ2v) is 10.7. The van der Waals surface area contributed by atoms with E-state index in [0.29, 0.717) is 11.3 Å². The molecule has 0 unspecified atom stereocenters. The zero-order valence-corrected chi connectivity index (χ0v) is 23.9. The first kappa shape index (κ1) is 30.6. The monoisotopic (exact) mass is 553 g/mol. The van der Waals surface area contributed by atoms with Gasteiger partial charge >= 0.3 is 17.9 Å². The first-order valence-corrected chi connectivity index (χ1v) is 13.3. The molecule has 9 heteroatoms. The Morgan fingerprint density at radius 3 is 1.85 bits per heavy atom. The van der Waals surface area contributed by atoms with Crippen LogP contribution in [0.3, 0.4) is 0 Å². The van der Waals surface area contributed by atoms with Crippen LogP contribution in [0.1, 0.15) is 77.0 Å². The summed E-state index contributed by atoms with van der Waals surface area (Å²) in [5.41, 5.74) is -3.51. The lowest BCUT2D eigenvalue weighted by atomic mass is 9.61. The molecule has 40 heavy (non-hydrogen) atoms. The summed E-state index contributed by atoms with van der Waals surface area (Å²) in [4.78, 5) is 42.9. The molecule has 0 bridgehead atoms. The van der Waals surface area contributed by atoms with Crippen molar-refractivity contribution in [3.05, 3.63) is 65.0 Å². The van der Waals surface area contributed by atoms with E-state index in [1.54, 1.807) is 65.8 Å². The van der Waals surface area contributed by atoms with Crippen molar-refractivity contribution in [3.8, 4) is 11.8 Å². The van der Waals surface area contributed by atoms with Crippen molar-refractivity contribution >= 4 is 17.9 Å². The van der Waals surface area contributed by atoms with Crippen LogP contribution in [-0.2, 0) is 39.4 Å². The molecular weight excluding hydrogens is 517 g/mol. The molecule has 2 aromatic rings. The van der Waals surface area contributed by atoms with Crippen LogP contribution in [0.2, 0.25) is 0 Å². The van der Waals surface area contributed by atoms with Crippen LogP contribution in [0.4, 0.5) is 4.39 Å². The number of hydrogen-bond donors (Lipinski definition) is 0. The van der Waals surface area contributed by atoms with Crippen molar-refractivity contribution in [1.29, 1.82) is 5.26 Å². The van der Waals surface area contributed by atoms with Crippen molar-refractivity contribution < 1.29 is 37.7 Å². The van der Waals surface area contributed by atoms with Crippen LogP contribution in [0.15, 0.2) is 42.5 Å². The number of carbonyl (C=O) groups excluding carboxylic acids is 3. The molecule has 2 atom stereocenters. The van der Waals surface area contributed by atoms with Crippen molar-refractivity contribution in [2.75, 3.05) is 7.11 Å². The number of ether oxygens (including phenoxy) is 4.